The number of anilines is 1. The molecule has 112 valence electrons. The quantitative estimate of drug-likeness (QED) is 0.793. The lowest BCUT2D eigenvalue weighted by molar-refractivity contribution is 0.311. The lowest BCUT2D eigenvalue weighted by Crippen LogP contribution is -2.07. The molecular formula is C17H20BrNO2. The van der Waals surface area contributed by atoms with E-state index < -0.39 is 0 Å². The smallest absolute Gasteiger partial charge is 0.162 e. The maximum Gasteiger partial charge on any atom is 0.162 e. The molecule has 1 unspecified atom stereocenters. The van der Waals surface area contributed by atoms with Gasteiger partial charge in [-0.2, -0.15) is 0 Å². The van der Waals surface area contributed by atoms with Crippen molar-refractivity contribution in [3.8, 4) is 11.5 Å². The summed E-state index contributed by atoms with van der Waals surface area (Å²) in [5, 5.41) is 3.47. The summed E-state index contributed by atoms with van der Waals surface area (Å²) < 4.78 is 12.0. The molecule has 0 bridgehead atoms. The third kappa shape index (κ3) is 4.14. The lowest BCUT2D eigenvalue weighted by Gasteiger charge is -2.17. The fourth-order valence-electron chi connectivity index (χ4n) is 2.14. The van der Waals surface area contributed by atoms with E-state index in [1.165, 1.54) is 5.56 Å². The van der Waals surface area contributed by atoms with E-state index in [1.54, 1.807) is 7.11 Å². The molecule has 0 aromatic heterocycles. The average Bonchev–Trinajstić information content (AvgIpc) is 2.49. The molecule has 2 aromatic rings. The van der Waals surface area contributed by atoms with E-state index in [0.717, 1.165) is 21.7 Å². The maximum absolute atomic E-state index is 5.53. The van der Waals surface area contributed by atoms with Gasteiger partial charge in [-0.05, 0) is 43.7 Å². The van der Waals surface area contributed by atoms with Crippen LogP contribution in [0.25, 0.3) is 0 Å². The Kier molecular flexibility index (Phi) is 5.51. The molecule has 1 atom stereocenters. The Balaban J connectivity index is 2.15. The average molecular weight is 350 g/mol. The van der Waals surface area contributed by atoms with Crippen molar-refractivity contribution in [2.75, 3.05) is 19.0 Å². The van der Waals surface area contributed by atoms with E-state index in [4.69, 9.17) is 9.47 Å². The Morgan fingerprint density at radius 3 is 2.62 bits per heavy atom. The number of ether oxygens (including phenoxy) is 2. The Morgan fingerprint density at radius 1 is 1.14 bits per heavy atom. The first kappa shape index (κ1) is 15.7. The molecule has 0 fully saturated rings. The highest BCUT2D eigenvalue weighted by molar-refractivity contribution is 9.10. The first-order valence-corrected chi connectivity index (χ1v) is 7.76. The number of halogens is 1. The van der Waals surface area contributed by atoms with Gasteiger partial charge in [0.1, 0.15) is 0 Å². The molecule has 2 aromatic carbocycles. The van der Waals surface area contributed by atoms with Gasteiger partial charge in [-0.25, -0.2) is 0 Å². The SMILES string of the molecule is CCOc1ccc(NC(C)c2cccc(Br)c2)cc1OC. The topological polar surface area (TPSA) is 30.5 Å². The molecule has 4 heteroatoms. The molecule has 0 radical (unpaired) electrons. The van der Waals surface area contributed by atoms with Crippen molar-refractivity contribution in [1.29, 1.82) is 0 Å². The fourth-order valence-corrected chi connectivity index (χ4v) is 2.56. The lowest BCUT2D eigenvalue weighted by atomic mass is 10.1. The fraction of sp³-hybridized carbons (Fsp3) is 0.294. The first-order valence-electron chi connectivity index (χ1n) is 6.97. The van der Waals surface area contributed by atoms with E-state index >= 15 is 0 Å². The van der Waals surface area contributed by atoms with Gasteiger partial charge in [0, 0.05) is 22.3 Å². The minimum absolute atomic E-state index is 0.199. The predicted molar refractivity (Wildman–Crippen MR) is 90.3 cm³/mol. The molecule has 0 saturated carbocycles. The molecule has 0 heterocycles. The maximum atomic E-state index is 5.53. The summed E-state index contributed by atoms with van der Waals surface area (Å²) >= 11 is 3.50. The summed E-state index contributed by atoms with van der Waals surface area (Å²) in [4.78, 5) is 0. The molecule has 0 aliphatic rings. The van der Waals surface area contributed by atoms with Gasteiger partial charge in [0.2, 0.25) is 0 Å². The van der Waals surface area contributed by atoms with E-state index in [-0.39, 0.29) is 6.04 Å². The molecule has 0 amide bonds. The largest absolute Gasteiger partial charge is 0.493 e. The number of benzene rings is 2. The Hall–Kier alpha value is -1.68. The van der Waals surface area contributed by atoms with E-state index in [9.17, 15) is 0 Å². The highest BCUT2D eigenvalue weighted by atomic mass is 79.9. The van der Waals surface area contributed by atoms with Crippen LogP contribution in [0.15, 0.2) is 46.9 Å². The van der Waals surface area contributed by atoms with Crippen LogP contribution in [0.1, 0.15) is 25.5 Å². The van der Waals surface area contributed by atoms with Crippen LogP contribution < -0.4 is 14.8 Å². The van der Waals surface area contributed by atoms with Crippen molar-refractivity contribution in [3.05, 3.63) is 52.5 Å². The van der Waals surface area contributed by atoms with Crippen LogP contribution in [-0.2, 0) is 0 Å². The summed E-state index contributed by atoms with van der Waals surface area (Å²) in [7, 11) is 1.65. The van der Waals surface area contributed by atoms with E-state index in [1.807, 2.05) is 37.3 Å². The number of methoxy groups -OCH3 is 1. The zero-order chi connectivity index (χ0) is 15.2. The molecule has 2 rings (SSSR count). The van der Waals surface area contributed by atoms with Crippen LogP contribution in [0, 0.1) is 0 Å². The monoisotopic (exact) mass is 349 g/mol. The molecule has 0 aliphatic heterocycles. The molecule has 0 aliphatic carbocycles. The van der Waals surface area contributed by atoms with Crippen LogP contribution in [0.4, 0.5) is 5.69 Å². The third-order valence-corrected chi connectivity index (χ3v) is 3.69. The van der Waals surface area contributed by atoms with Gasteiger partial charge in [-0.15, -0.1) is 0 Å². The molecule has 0 saturated heterocycles. The summed E-state index contributed by atoms with van der Waals surface area (Å²) in [6.07, 6.45) is 0. The van der Waals surface area contributed by atoms with E-state index in [0.29, 0.717) is 6.61 Å². The number of hydrogen-bond donors (Lipinski definition) is 1. The van der Waals surface area contributed by atoms with Gasteiger partial charge in [-0.3, -0.25) is 0 Å². The van der Waals surface area contributed by atoms with Crippen LogP contribution in [0.3, 0.4) is 0 Å². The van der Waals surface area contributed by atoms with Crippen molar-refractivity contribution in [2.45, 2.75) is 19.9 Å². The zero-order valence-corrected chi connectivity index (χ0v) is 14.1. The summed E-state index contributed by atoms with van der Waals surface area (Å²) in [5.41, 5.74) is 2.22. The van der Waals surface area contributed by atoms with Gasteiger partial charge < -0.3 is 14.8 Å². The normalized spacial score (nSPS) is 11.8. The standard InChI is InChI=1S/C17H20BrNO2/c1-4-21-16-9-8-15(11-17(16)20-3)19-12(2)13-6-5-7-14(18)10-13/h5-12,19H,4H2,1-3H3. The van der Waals surface area contributed by atoms with Crippen molar-refractivity contribution < 1.29 is 9.47 Å². The van der Waals surface area contributed by atoms with Gasteiger partial charge in [0.25, 0.3) is 0 Å². The summed E-state index contributed by atoms with van der Waals surface area (Å²) in [5.74, 6) is 1.50. The summed E-state index contributed by atoms with van der Waals surface area (Å²) in [6.45, 7) is 4.71. The Labute approximate surface area is 134 Å². The molecule has 1 N–H and O–H groups in total. The van der Waals surface area contributed by atoms with Crippen LogP contribution in [0.2, 0.25) is 0 Å². The second-order valence-electron chi connectivity index (χ2n) is 4.72. The number of hydrogen-bond acceptors (Lipinski definition) is 3. The molecule has 0 spiro atoms. The minimum Gasteiger partial charge on any atom is -0.493 e. The van der Waals surface area contributed by atoms with Crippen molar-refractivity contribution >= 4 is 21.6 Å². The molecular weight excluding hydrogens is 330 g/mol. The van der Waals surface area contributed by atoms with Crippen molar-refractivity contribution in [3.63, 3.8) is 0 Å². The second kappa shape index (κ2) is 7.36. The van der Waals surface area contributed by atoms with E-state index in [2.05, 4.69) is 40.3 Å². The zero-order valence-electron chi connectivity index (χ0n) is 12.5. The molecule has 21 heavy (non-hydrogen) atoms. The molecule has 3 nitrogen and oxygen atoms in total. The third-order valence-electron chi connectivity index (χ3n) is 3.20. The van der Waals surface area contributed by atoms with Crippen LogP contribution in [0.5, 0.6) is 11.5 Å². The van der Waals surface area contributed by atoms with Gasteiger partial charge in [0.15, 0.2) is 11.5 Å². The van der Waals surface area contributed by atoms with Crippen LogP contribution >= 0.6 is 15.9 Å². The Bertz CT molecular complexity index is 601. The Morgan fingerprint density at radius 2 is 1.95 bits per heavy atom. The van der Waals surface area contributed by atoms with Gasteiger partial charge in [0.05, 0.1) is 13.7 Å². The van der Waals surface area contributed by atoms with Crippen molar-refractivity contribution in [1.82, 2.24) is 0 Å². The number of rotatable bonds is 6. The summed E-state index contributed by atoms with van der Waals surface area (Å²) in [6, 6.07) is 14.4. The predicted octanol–water partition coefficient (Wildman–Crippen LogP) is 5.03. The van der Waals surface area contributed by atoms with Crippen LogP contribution in [-0.4, -0.2) is 13.7 Å². The van der Waals surface area contributed by atoms with Gasteiger partial charge >= 0.3 is 0 Å². The van der Waals surface area contributed by atoms with Crippen molar-refractivity contribution in [2.24, 2.45) is 0 Å². The first-order chi connectivity index (χ1) is 10.1. The van der Waals surface area contributed by atoms with Gasteiger partial charge in [-0.1, -0.05) is 28.1 Å². The highest BCUT2D eigenvalue weighted by Gasteiger charge is 2.09. The second-order valence-corrected chi connectivity index (χ2v) is 5.64. The number of nitrogens with one attached hydrogen (secondary N) is 1. The highest BCUT2D eigenvalue weighted by Crippen LogP contribution is 2.31. The minimum atomic E-state index is 0.199.